The van der Waals surface area contributed by atoms with Gasteiger partial charge in [0, 0.05) is 17.7 Å². The zero-order valence-electron chi connectivity index (χ0n) is 10.2. The van der Waals surface area contributed by atoms with Crippen LogP contribution in [-0.4, -0.2) is 5.78 Å². The highest BCUT2D eigenvalue weighted by Gasteiger charge is 2.12. The lowest BCUT2D eigenvalue weighted by Gasteiger charge is -2.05. The molecule has 0 saturated heterocycles. The average molecular weight is 294 g/mol. The number of benzene rings is 2. The average Bonchev–Trinajstić information content (AvgIpc) is 2.39. The van der Waals surface area contributed by atoms with Crippen LogP contribution < -0.4 is 5.73 Å². The van der Waals surface area contributed by atoms with Crippen LogP contribution in [-0.2, 0) is 6.42 Å². The largest absolute Gasteiger partial charge is 0.399 e. The first kappa shape index (κ1) is 13.9. The van der Waals surface area contributed by atoms with Gasteiger partial charge in [0.15, 0.2) is 5.78 Å². The van der Waals surface area contributed by atoms with Crippen molar-refractivity contribution in [2.45, 2.75) is 12.8 Å². The molecule has 2 rings (SSSR count). The first-order valence-electron chi connectivity index (χ1n) is 5.89. The van der Waals surface area contributed by atoms with E-state index in [0.29, 0.717) is 34.1 Å². The minimum absolute atomic E-state index is 0.0186. The standard InChI is InChI=1S/C15H13Cl2NO/c16-13-6-2-5-12(15(13)17)14(19)8-7-10-3-1-4-11(18)9-10/h1-6,9H,7-8,18H2. The molecule has 98 valence electrons. The van der Waals surface area contributed by atoms with E-state index in [2.05, 4.69) is 0 Å². The number of halogens is 2. The molecule has 0 spiro atoms. The van der Waals surface area contributed by atoms with E-state index in [9.17, 15) is 4.79 Å². The van der Waals surface area contributed by atoms with Gasteiger partial charge in [-0.15, -0.1) is 0 Å². The molecule has 2 aromatic carbocycles. The number of ketones is 1. The first-order valence-corrected chi connectivity index (χ1v) is 6.65. The van der Waals surface area contributed by atoms with Gasteiger partial charge in [-0.05, 0) is 36.2 Å². The molecule has 0 aromatic heterocycles. The Morgan fingerprint density at radius 2 is 1.84 bits per heavy atom. The second-order valence-electron chi connectivity index (χ2n) is 4.27. The molecule has 0 aliphatic heterocycles. The van der Waals surface area contributed by atoms with Crippen molar-refractivity contribution >= 4 is 34.7 Å². The van der Waals surface area contributed by atoms with Crippen molar-refractivity contribution in [3.63, 3.8) is 0 Å². The molecule has 2 aromatic rings. The molecule has 4 heteroatoms. The van der Waals surface area contributed by atoms with Gasteiger partial charge in [-0.3, -0.25) is 4.79 Å². The van der Waals surface area contributed by atoms with Crippen LogP contribution >= 0.6 is 23.2 Å². The van der Waals surface area contributed by atoms with Crippen LogP contribution in [0.3, 0.4) is 0 Å². The first-order chi connectivity index (χ1) is 9.08. The third kappa shape index (κ3) is 3.49. The summed E-state index contributed by atoms with van der Waals surface area (Å²) in [5.41, 5.74) is 7.90. The number of aryl methyl sites for hydroxylation is 1. The highest BCUT2D eigenvalue weighted by molar-refractivity contribution is 6.43. The summed E-state index contributed by atoms with van der Waals surface area (Å²) >= 11 is 11.9. The van der Waals surface area contributed by atoms with Gasteiger partial charge in [-0.25, -0.2) is 0 Å². The number of hydrogen-bond acceptors (Lipinski definition) is 2. The number of rotatable bonds is 4. The number of hydrogen-bond donors (Lipinski definition) is 1. The van der Waals surface area contributed by atoms with Gasteiger partial charge in [-0.1, -0.05) is 41.4 Å². The molecule has 0 bridgehead atoms. The lowest BCUT2D eigenvalue weighted by Crippen LogP contribution is -2.02. The SMILES string of the molecule is Nc1cccc(CCC(=O)c2cccc(Cl)c2Cl)c1. The minimum atomic E-state index is -0.0186. The highest BCUT2D eigenvalue weighted by Crippen LogP contribution is 2.26. The van der Waals surface area contributed by atoms with Crippen molar-refractivity contribution in [2.75, 3.05) is 5.73 Å². The van der Waals surface area contributed by atoms with E-state index in [0.717, 1.165) is 5.56 Å². The number of anilines is 1. The van der Waals surface area contributed by atoms with Gasteiger partial charge in [0.25, 0.3) is 0 Å². The Balaban J connectivity index is 2.08. The second-order valence-corrected chi connectivity index (χ2v) is 5.05. The molecule has 0 heterocycles. The summed E-state index contributed by atoms with van der Waals surface area (Å²) in [6.45, 7) is 0. The third-order valence-corrected chi connectivity index (χ3v) is 3.66. The molecule has 0 aliphatic carbocycles. The number of nitrogen functional groups attached to an aromatic ring is 1. The predicted octanol–water partition coefficient (Wildman–Crippen LogP) is 4.39. The normalized spacial score (nSPS) is 10.4. The highest BCUT2D eigenvalue weighted by atomic mass is 35.5. The predicted molar refractivity (Wildman–Crippen MR) is 80.0 cm³/mol. The molecule has 19 heavy (non-hydrogen) atoms. The van der Waals surface area contributed by atoms with Gasteiger partial charge >= 0.3 is 0 Å². The molecule has 0 amide bonds. The molecular formula is C15H13Cl2NO. The van der Waals surface area contributed by atoms with Gasteiger partial charge in [0.2, 0.25) is 0 Å². The number of nitrogens with two attached hydrogens (primary N) is 1. The molecule has 0 saturated carbocycles. The molecule has 2 nitrogen and oxygen atoms in total. The summed E-state index contributed by atoms with van der Waals surface area (Å²) < 4.78 is 0. The monoisotopic (exact) mass is 293 g/mol. The Kier molecular flexibility index (Phi) is 4.46. The number of carbonyl (C=O) groups excluding carboxylic acids is 1. The lowest BCUT2D eigenvalue weighted by molar-refractivity contribution is 0.0983. The van der Waals surface area contributed by atoms with Gasteiger partial charge in [0.1, 0.15) is 0 Å². The Bertz CT molecular complexity index is 611. The van der Waals surface area contributed by atoms with Crippen molar-refractivity contribution < 1.29 is 4.79 Å². The van der Waals surface area contributed by atoms with Crippen LogP contribution in [0.15, 0.2) is 42.5 Å². The van der Waals surface area contributed by atoms with Crippen LogP contribution in [0.1, 0.15) is 22.3 Å². The van der Waals surface area contributed by atoms with Crippen LogP contribution in [0, 0.1) is 0 Å². The molecular weight excluding hydrogens is 281 g/mol. The summed E-state index contributed by atoms with van der Waals surface area (Å²) in [4.78, 5) is 12.1. The van der Waals surface area contributed by atoms with Gasteiger partial charge in [0.05, 0.1) is 10.0 Å². The fraction of sp³-hybridized carbons (Fsp3) is 0.133. The smallest absolute Gasteiger partial charge is 0.164 e. The summed E-state index contributed by atoms with van der Waals surface area (Å²) in [5, 5.41) is 0.721. The Hall–Kier alpha value is -1.51. The fourth-order valence-electron chi connectivity index (χ4n) is 1.86. The Morgan fingerprint density at radius 3 is 2.58 bits per heavy atom. The maximum absolute atomic E-state index is 12.1. The van der Waals surface area contributed by atoms with Crippen LogP contribution in [0.4, 0.5) is 5.69 Å². The lowest BCUT2D eigenvalue weighted by atomic mass is 10.0. The summed E-state index contributed by atoms with van der Waals surface area (Å²) in [6.07, 6.45) is 1.01. The number of Topliss-reactive ketones (excluding diaryl/α,β-unsaturated/α-hetero) is 1. The molecule has 0 aliphatic rings. The van der Waals surface area contributed by atoms with E-state index in [4.69, 9.17) is 28.9 Å². The summed E-state index contributed by atoms with van der Waals surface area (Å²) in [5.74, 6) is -0.0186. The van der Waals surface area contributed by atoms with Crippen LogP contribution in [0.5, 0.6) is 0 Å². The minimum Gasteiger partial charge on any atom is -0.399 e. The van der Waals surface area contributed by atoms with E-state index in [1.54, 1.807) is 18.2 Å². The van der Waals surface area contributed by atoms with Crippen molar-refractivity contribution in [3.05, 3.63) is 63.6 Å². The molecule has 0 fully saturated rings. The third-order valence-electron chi connectivity index (χ3n) is 2.84. The molecule has 0 unspecified atom stereocenters. The molecule has 0 atom stereocenters. The number of carbonyl (C=O) groups is 1. The Labute approximate surface area is 122 Å². The second kappa shape index (κ2) is 6.09. The van der Waals surface area contributed by atoms with Gasteiger partial charge < -0.3 is 5.73 Å². The Morgan fingerprint density at radius 1 is 1.11 bits per heavy atom. The maximum atomic E-state index is 12.1. The van der Waals surface area contributed by atoms with Crippen molar-refractivity contribution in [1.82, 2.24) is 0 Å². The van der Waals surface area contributed by atoms with Crippen LogP contribution in [0.2, 0.25) is 10.0 Å². The molecule has 0 radical (unpaired) electrons. The van der Waals surface area contributed by atoms with E-state index >= 15 is 0 Å². The van der Waals surface area contributed by atoms with Crippen molar-refractivity contribution in [3.8, 4) is 0 Å². The van der Waals surface area contributed by atoms with E-state index in [1.165, 1.54) is 0 Å². The quantitative estimate of drug-likeness (QED) is 0.671. The maximum Gasteiger partial charge on any atom is 0.164 e. The fourth-order valence-corrected chi connectivity index (χ4v) is 2.27. The van der Waals surface area contributed by atoms with Crippen molar-refractivity contribution in [2.24, 2.45) is 0 Å². The zero-order chi connectivity index (χ0) is 13.8. The van der Waals surface area contributed by atoms with E-state index < -0.39 is 0 Å². The van der Waals surface area contributed by atoms with E-state index in [1.807, 2.05) is 24.3 Å². The van der Waals surface area contributed by atoms with Gasteiger partial charge in [-0.2, -0.15) is 0 Å². The van der Waals surface area contributed by atoms with Crippen molar-refractivity contribution in [1.29, 1.82) is 0 Å². The van der Waals surface area contributed by atoms with E-state index in [-0.39, 0.29) is 5.78 Å². The summed E-state index contributed by atoms with van der Waals surface area (Å²) in [6, 6.07) is 12.6. The molecule has 2 N–H and O–H groups in total. The topological polar surface area (TPSA) is 43.1 Å². The zero-order valence-corrected chi connectivity index (χ0v) is 11.7. The van der Waals surface area contributed by atoms with Crippen LogP contribution in [0.25, 0.3) is 0 Å². The summed E-state index contributed by atoms with van der Waals surface area (Å²) in [7, 11) is 0.